The summed E-state index contributed by atoms with van der Waals surface area (Å²) in [5, 5.41) is 3.02. The molecule has 4 heteroatoms. The van der Waals surface area contributed by atoms with Crippen molar-refractivity contribution in [2.45, 2.75) is 44.3 Å². The average molecular weight is 303 g/mol. The van der Waals surface area contributed by atoms with Gasteiger partial charge < -0.3 is 14.8 Å². The number of ether oxygens (including phenoxy) is 2. The van der Waals surface area contributed by atoms with E-state index in [2.05, 4.69) is 29.6 Å². The fourth-order valence-corrected chi connectivity index (χ4v) is 3.16. The molecule has 0 bridgehead atoms. The van der Waals surface area contributed by atoms with E-state index in [0.717, 1.165) is 0 Å². The normalized spacial score (nSPS) is 21.5. The Kier molecular flexibility index (Phi) is 4.79. The summed E-state index contributed by atoms with van der Waals surface area (Å²) >= 11 is 0. The van der Waals surface area contributed by atoms with Gasteiger partial charge in [0.2, 0.25) is 5.91 Å². The first-order chi connectivity index (χ1) is 10.7. The third kappa shape index (κ3) is 4.08. The second-order valence-electron chi connectivity index (χ2n) is 6.49. The van der Waals surface area contributed by atoms with Crippen molar-refractivity contribution < 1.29 is 14.3 Å². The minimum absolute atomic E-state index is 0.127. The Morgan fingerprint density at radius 1 is 1.27 bits per heavy atom. The molecule has 0 radical (unpaired) electrons. The molecule has 1 saturated heterocycles. The van der Waals surface area contributed by atoms with Crippen LogP contribution >= 0.6 is 0 Å². The number of nitrogens with one attached hydrogen (secondary N) is 1. The van der Waals surface area contributed by atoms with Gasteiger partial charge in [0, 0.05) is 19.4 Å². The van der Waals surface area contributed by atoms with Crippen molar-refractivity contribution in [3.8, 4) is 0 Å². The molecule has 1 N–H and O–H groups in total. The zero-order valence-electron chi connectivity index (χ0n) is 13.2. The van der Waals surface area contributed by atoms with E-state index < -0.39 is 5.79 Å². The molecule has 1 saturated carbocycles. The lowest BCUT2D eigenvalue weighted by Gasteiger charge is -2.22. The Labute approximate surface area is 132 Å². The maximum Gasteiger partial charge on any atom is 0.220 e. The van der Waals surface area contributed by atoms with Crippen molar-refractivity contribution >= 4 is 5.91 Å². The van der Waals surface area contributed by atoms with Crippen LogP contribution in [-0.4, -0.2) is 31.5 Å². The molecule has 1 aromatic rings. The van der Waals surface area contributed by atoms with E-state index in [4.69, 9.17) is 9.47 Å². The third-order valence-corrected chi connectivity index (χ3v) is 4.62. The fourth-order valence-electron chi connectivity index (χ4n) is 3.16. The molecule has 22 heavy (non-hydrogen) atoms. The third-order valence-electron chi connectivity index (χ3n) is 4.62. The summed E-state index contributed by atoms with van der Waals surface area (Å²) in [6.45, 7) is 3.81. The van der Waals surface area contributed by atoms with E-state index >= 15 is 0 Å². The van der Waals surface area contributed by atoms with E-state index in [9.17, 15) is 4.79 Å². The lowest BCUT2D eigenvalue weighted by Crippen LogP contribution is -2.34. The predicted molar refractivity (Wildman–Crippen MR) is 84.5 cm³/mol. The Hall–Kier alpha value is -1.39. The second-order valence-corrected chi connectivity index (χ2v) is 6.49. The fraction of sp³-hybridized carbons (Fsp3) is 0.611. The maximum atomic E-state index is 12.2. The van der Waals surface area contributed by atoms with Crippen LogP contribution in [0.4, 0.5) is 0 Å². The quantitative estimate of drug-likeness (QED) is 0.842. The van der Waals surface area contributed by atoms with Crippen LogP contribution < -0.4 is 5.32 Å². The Morgan fingerprint density at radius 3 is 2.59 bits per heavy atom. The highest BCUT2D eigenvalue weighted by Crippen LogP contribution is 2.44. The van der Waals surface area contributed by atoms with Crippen molar-refractivity contribution in [1.29, 1.82) is 0 Å². The largest absolute Gasteiger partial charge is 0.356 e. The summed E-state index contributed by atoms with van der Waals surface area (Å²) in [5.41, 5.74) is 1.29. The van der Waals surface area contributed by atoms with Crippen LogP contribution in [0, 0.1) is 5.92 Å². The molecule has 120 valence electrons. The highest BCUT2D eigenvalue weighted by molar-refractivity contribution is 5.77. The van der Waals surface area contributed by atoms with Gasteiger partial charge in [-0.05, 0) is 37.2 Å². The molecule has 3 rings (SSSR count). The molecule has 1 heterocycles. The molecule has 4 nitrogen and oxygen atoms in total. The Bertz CT molecular complexity index is 492. The zero-order valence-corrected chi connectivity index (χ0v) is 13.2. The van der Waals surface area contributed by atoms with Gasteiger partial charge in [0.1, 0.15) is 0 Å². The Morgan fingerprint density at radius 2 is 1.95 bits per heavy atom. The number of hydrogen-bond acceptors (Lipinski definition) is 3. The van der Waals surface area contributed by atoms with Gasteiger partial charge in [-0.25, -0.2) is 0 Å². The Balaban J connectivity index is 1.47. The molecular weight excluding hydrogens is 278 g/mol. The monoisotopic (exact) mass is 303 g/mol. The van der Waals surface area contributed by atoms with E-state index in [0.29, 0.717) is 44.4 Å². The standard InChI is InChI=1S/C18H25NO3/c1-18(21-11-12-22-18)9-10-19-17(20)13-16(15-7-8-15)14-5-3-2-4-6-14/h2-6,15-16H,7-13H2,1H3,(H,19,20). The molecule has 1 unspecified atom stereocenters. The average Bonchev–Trinajstić information content (AvgIpc) is 3.27. The van der Waals surface area contributed by atoms with Crippen molar-refractivity contribution in [2.75, 3.05) is 19.8 Å². The second kappa shape index (κ2) is 6.80. The van der Waals surface area contributed by atoms with Crippen molar-refractivity contribution in [2.24, 2.45) is 5.92 Å². The first kappa shape index (κ1) is 15.5. The van der Waals surface area contributed by atoms with Gasteiger partial charge in [-0.1, -0.05) is 30.3 Å². The maximum absolute atomic E-state index is 12.2. The van der Waals surface area contributed by atoms with Gasteiger partial charge >= 0.3 is 0 Å². The molecule has 1 amide bonds. The number of hydrogen-bond donors (Lipinski definition) is 1. The highest BCUT2D eigenvalue weighted by atomic mass is 16.7. The van der Waals surface area contributed by atoms with Gasteiger partial charge in [0.15, 0.2) is 5.79 Å². The van der Waals surface area contributed by atoms with Crippen LogP contribution in [0.5, 0.6) is 0 Å². The van der Waals surface area contributed by atoms with Crippen LogP contribution in [0.3, 0.4) is 0 Å². The predicted octanol–water partition coefficient (Wildman–Crippen LogP) is 2.84. The van der Waals surface area contributed by atoms with Gasteiger partial charge in [-0.15, -0.1) is 0 Å². The molecule has 1 atom stereocenters. The topological polar surface area (TPSA) is 47.6 Å². The van der Waals surface area contributed by atoms with Gasteiger partial charge in [0.05, 0.1) is 13.2 Å². The van der Waals surface area contributed by atoms with Crippen molar-refractivity contribution in [3.05, 3.63) is 35.9 Å². The van der Waals surface area contributed by atoms with Gasteiger partial charge in [-0.2, -0.15) is 0 Å². The molecular formula is C18H25NO3. The molecule has 0 aromatic heterocycles. The van der Waals surface area contributed by atoms with Crippen molar-refractivity contribution in [3.63, 3.8) is 0 Å². The van der Waals surface area contributed by atoms with Crippen LogP contribution in [0.1, 0.15) is 44.1 Å². The smallest absolute Gasteiger partial charge is 0.220 e. The van der Waals surface area contributed by atoms with Gasteiger partial charge in [-0.3, -0.25) is 4.79 Å². The first-order valence-electron chi connectivity index (χ1n) is 8.26. The van der Waals surface area contributed by atoms with Crippen LogP contribution in [0.25, 0.3) is 0 Å². The van der Waals surface area contributed by atoms with E-state index in [1.807, 2.05) is 13.0 Å². The number of benzene rings is 1. The molecule has 1 aliphatic heterocycles. The SMILES string of the molecule is CC1(CCNC(=O)CC(c2ccccc2)C2CC2)OCCO1. The lowest BCUT2D eigenvalue weighted by atomic mass is 9.91. The van der Waals surface area contributed by atoms with Crippen LogP contribution in [-0.2, 0) is 14.3 Å². The minimum Gasteiger partial charge on any atom is -0.356 e. The first-order valence-corrected chi connectivity index (χ1v) is 8.26. The van der Waals surface area contributed by atoms with E-state index in [-0.39, 0.29) is 5.91 Å². The lowest BCUT2D eigenvalue weighted by molar-refractivity contribution is -0.146. The summed E-state index contributed by atoms with van der Waals surface area (Å²) in [6, 6.07) is 10.4. The molecule has 1 aliphatic carbocycles. The number of carbonyl (C=O) groups is 1. The summed E-state index contributed by atoms with van der Waals surface area (Å²) in [6.07, 6.45) is 3.75. The van der Waals surface area contributed by atoms with Crippen molar-refractivity contribution in [1.82, 2.24) is 5.32 Å². The summed E-state index contributed by atoms with van der Waals surface area (Å²) in [7, 11) is 0. The van der Waals surface area contributed by atoms with Crippen LogP contribution in [0.2, 0.25) is 0 Å². The zero-order chi connectivity index (χ0) is 15.4. The summed E-state index contributed by atoms with van der Waals surface area (Å²) in [4.78, 5) is 12.2. The van der Waals surface area contributed by atoms with Crippen LogP contribution in [0.15, 0.2) is 30.3 Å². The minimum atomic E-state index is -0.525. The summed E-state index contributed by atoms with van der Waals surface area (Å²) in [5.74, 6) is 0.632. The van der Waals surface area contributed by atoms with E-state index in [1.54, 1.807) is 0 Å². The van der Waals surface area contributed by atoms with Gasteiger partial charge in [0.25, 0.3) is 0 Å². The molecule has 0 spiro atoms. The summed E-state index contributed by atoms with van der Waals surface area (Å²) < 4.78 is 11.1. The number of carbonyl (C=O) groups excluding carboxylic acids is 1. The highest BCUT2D eigenvalue weighted by Gasteiger charge is 2.34. The number of amides is 1. The molecule has 1 aromatic carbocycles. The molecule has 2 aliphatic rings. The number of rotatable bonds is 7. The molecule has 2 fully saturated rings. The van der Waals surface area contributed by atoms with E-state index in [1.165, 1.54) is 18.4 Å².